The molecule has 2 aromatic rings. The van der Waals surface area contributed by atoms with Gasteiger partial charge in [-0.3, -0.25) is 0 Å². The zero-order valence-corrected chi connectivity index (χ0v) is 13.2. The largest absolute Gasteiger partial charge is 0.326 e. The number of benzene rings is 2. The molecular formula is C15H17ClN2O2S. The molecule has 2 aromatic carbocycles. The monoisotopic (exact) mass is 324 g/mol. The molecule has 0 aliphatic carbocycles. The lowest BCUT2D eigenvalue weighted by molar-refractivity contribution is 0.581. The summed E-state index contributed by atoms with van der Waals surface area (Å²) in [6.45, 7) is 2.42. The minimum absolute atomic E-state index is 0.166. The minimum Gasteiger partial charge on any atom is -0.326 e. The maximum atomic E-state index is 12.3. The molecule has 0 saturated carbocycles. The van der Waals surface area contributed by atoms with Gasteiger partial charge in [-0.15, -0.1) is 0 Å². The lowest BCUT2D eigenvalue weighted by Crippen LogP contribution is -2.23. The molecule has 0 atom stereocenters. The van der Waals surface area contributed by atoms with E-state index in [9.17, 15) is 8.42 Å². The Bertz CT molecular complexity index is 728. The fourth-order valence-electron chi connectivity index (χ4n) is 1.84. The molecule has 0 radical (unpaired) electrons. The molecule has 6 heteroatoms. The summed E-state index contributed by atoms with van der Waals surface area (Å²) in [5, 5.41) is 0.468. The summed E-state index contributed by atoms with van der Waals surface area (Å²) in [7, 11) is -3.58. The first-order valence-corrected chi connectivity index (χ1v) is 8.32. The first kappa shape index (κ1) is 16.0. The molecule has 3 N–H and O–H groups in total. The third-order valence-electron chi connectivity index (χ3n) is 3.13. The second-order valence-electron chi connectivity index (χ2n) is 4.77. The molecule has 0 bridgehead atoms. The number of nitrogens with two attached hydrogens (primary N) is 1. The van der Waals surface area contributed by atoms with Gasteiger partial charge in [0, 0.05) is 18.1 Å². The van der Waals surface area contributed by atoms with E-state index in [1.54, 1.807) is 6.07 Å². The van der Waals surface area contributed by atoms with E-state index in [0.717, 1.165) is 11.1 Å². The third-order valence-corrected chi connectivity index (χ3v) is 4.90. The fraction of sp³-hybridized carbons (Fsp3) is 0.200. The molecule has 0 aliphatic heterocycles. The van der Waals surface area contributed by atoms with E-state index in [-0.39, 0.29) is 18.0 Å². The van der Waals surface area contributed by atoms with Crippen molar-refractivity contribution in [3.8, 4) is 0 Å². The average Bonchev–Trinajstić information content (AvgIpc) is 2.47. The van der Waals surface area contributed by atoms with E-state index in [0.29, 0.717) is 10.6 Å². The Morgan fingerprint density at radius 2 is 1.81 bits per heavy atom. The Morgan fingerprint density at radius 1 is 1.14 bits per heavy atom. The van der Waals surface area contributed by atoms with Gasteiger partial charge in [-0.05, 0) is 36.2 Å². The van der Waals surface area contributed by atoms with Crippen LogP contribution in [0.1, 0.15) is 16.7 Å². The van der Waals surface area contributed by atoms with Crippen molar-refractivity contribution in [2.75, 3.05) is 0 Å². The van der Waals surface area contributed by atoms with Gasteiger partial charge in [-0.2, -0.15) is 0 Å². The van der Waals surface area contributed by atoms with Crippen molar-refractivity contribution < 1.29 is 8.42 Å². The molecule has 0 aliphatic rings. The third kappa shape index (κ3) is 4.04. The maximum absolute atomic E-state index is 12.3. The van der Waals surface area contributed by atoms with Gasteiger partial charge < -0.3 is 5.73 Å². The van der Waals surface area contributed by atoms with Crippen molar-refractivity contribution >= 4 is 21.6 Å². The number of hydrogen-bond donors (Lipinski definition) is 2. The SMILES string of the molecule is Cc1ccc(CNS(=O)(=O)c2ccc(Cl)c(CN)c2)cc1. The molecule has 2 rings (SSSR count). The molecule has 0 saturated heterocycles. The summed E-state index contributed by atoms with van der Waals surface area (Å²) in [5.41, 5.74) is 8.18. The second kappa shape index (κ2) is 6.58. The normalized spacial score (nSPS) is 11.6. The van der Waals surface area contributed by atoms with Gasteiger partial charge in [0.15, 0.2) is 0 Å². The van der Waals surface area contributed by atoms with Gasteiger partial charge in [0.2, 0.25) is 10.0 Å². The van der Waals surface area contributed by atoms with Crippen molar-refractivity contribution in [2.45, 2.75) is 24.9 Å². The highest BCUT2D eigenvalue weighted by Gasteiger charge is 2.15. The summed E-state index contributed by atoms with van der Waals surface area (Å²) in [5.74, 6) is 0. The summed E-state index contributed by atoms with van der Waals surface area (Å²) in [4.78, 5) is 0.166. The Kier molecular flexibility index (Phi) is 5.00. The molecule has 0 unspecified atom stereocenters. The number of halogens is 1. The maximum Gasteiger partial charge on any atom is 0.240 e. The highest BCUT2D eigenvalue weighted by molar-refractivity contribution is 7.89. The predicted octanol–water partition coefficient (Wildman–Crippen LogP) is 2.59. The Morgan fingerprint density at radius 3 is 2.43 bits per heavy atom. The average molecular weight is 325 g/mol. The van der Waals surface area contributed by atoms with E-state index < -0.39 is 10.0 Å². The first-order valence-electron chi connectivity index (χ1n) is 6.46. The Labute approximate surface area is 130 Å². The fourth-order valence-corrected chi connectivity index (χ4v) is 3.10. The summed E-state index contributed by atoms with van der Waals surface area (Å²) >= 11 is 5.94. The van der Waals surface area contributed by atoms with Crippen molar-refractivity contribution in [3.63, 3.8) is 0 Å². The van der Waals surface area contributed by atoms with Crippen molar-refractivity contribution in [3.05, 3.63) is 64.2 Å². The highest BCUT2D eigenvalue weighted by atomic mass is 35.5. The summed E-state index contributed by atoms with van der Waals surface area (Å²) in [6, 6.07) is 12.2. The van der Waals surface area contributed by atoms with Crippen LogP contribution in [-0.2, 0) is 23.1 Å². The van der Waals surface area contributed by atoms with Crippen LogP contribution in [0.4, 0.5) is 0 Å². The van der Waals surface area contributed by atoms with Gasteiger partial charge in [0.25, 0.3) is 0 Å². The van der Waals surface area contributed by atoms with Gasteiger partial charge in [0.05, 0.1) is 4.90 Å². The lowest BCUT2D eigenvalue weighted by Gasteiger charge is -2.09. The number of rotatable bonds is 5. The molecule has 0 amide bonds. The number of aryl methyl sites for hydroxylation is 1. The zero-order chi connectivity index (χ0) is 15.5. The predicted molar refractivity (Wildman–Crippen MR) is 84.5 cm³/mol. The topological polar surface area (TPSA) is 72.2 Å². The van der Waals surface area contributed by atoms with E-state index in [2.05, 4.69) is 4.72 Å². The minimum atomic E-state index is -3.58. The summed E-state index contributed by atoms with van der Waals surface area (Å²) < 4.78 is 27.1. The van der Waals surface area contributed by atoms with Crippen molar-refractivity contribution in [1.82, 2.24) is 4.72 Å². The first-order chi connectivity index (χ1) is 9.92. The van der Waals surface area contributed by atoms with Crippen LogP contribution in [0.25, 0.3) is 0 Å². The van der Waals surface area contributed by atoms with E-state index >= 15 is 0 Å². The second-order valence-corrected chi connectivity index (χ2v) is 6.94. The Balaban J connectivity index is 2.16. The van der Waals surface area contributed by atoms with Gasteiger partial charge in [0.1, 0.15) is 0 Å². The van der Waals surface area contributed by atoms with Gasteiger partial charge in [-0.1, -0.05) is 41.4 Å². The number of nitrogens with one attached hydrogen (secondary N) is 1. The smallest absolute Gasteiger partial charge is 0.240 e. The molecule has 0 heterocycles. The van der Waals surface area contributed by atoms with E-state index in [1.165, 1.54) is 12.1 Å². The standard InChI is InChI=1S/C15H17ClN2O2S/c1-11-2-4-12(5-3-11)10-18-21(19,20)14-6-7-15(16)13(8-14)9-17/h2-8,18H,9-10,17H2,1H3. The van der Waals surface area contributed by atoms with Gasteiger partial charge >= 0.3 is 0 Å². The molecule has 4 nitrogen and oxygen atoms in total. The van der Waals surface area contributed by atoms with Crippen LogP contribution < -0.4 is 10.5 Å². The molecule has 0 spiro atoms. The number of hydrogen-bond acceptors (Lipinski definition) is 3. The molecule has 0 fully saturated rings. The molecule has 0 aromatic heterocycles. The molecular weight excluding hydrogens is 308 g/mol. The molecule has 21 heavy (non-hydrogen) atoms. The van der Waals surface area contributed by atoms with Crippen LogP contribution >= 0.6 is 11.6 Å². The van der Waals surface area contributed by atoms with Gasteiger partial charge in [-0.25, -0.2) is 13.1 Å². The summed E-state index contributed by atoms with van der Waals surface area (Å²) in [6.07, 6.45) is 0. The van der Waals surface area contributed by atoms with Crippen LogP contribution in [0.15, 0.2) is 47.4 Å². The van der Waals surface area contributed by atoms with E-state index in [4.69, 9.17) is 17.3 Å². The van der Waals surface area contributed by atoms with Crippen LogP contribution in [0.5, 0.6) is 0 Å². The lowest BCUT2D eigenvalue weighted by atomic mass is 10.2. The van der Waals surface area contributed by atoms with Crippen molar-refractivity contribution in [1.29, 1.82) is 0 Å². The number of sulfonamides is 1. The van der Waals surface area contributed by atoms with E-state index in [1.807, 2.05) is 31.2 Å². The van der Waals surface area contributed by atoms with Crippen LogP contribution in [-0.4, -0.2) is 8.42 Å². The van der Waals surface area contributed by atoms with Crippen LogP contribution in [0.2, 0.25) is 5.02 Å². The van der Waals surface area contributed by atoms with Crippen molar-refractivity contribution in [2.24, 2.45) is 5.73 Å². The highest BCUT2D eigenvalue weighted by Crippen LogP contribution is 2.20. The molecule has 112 valence electrons. The Hall–Kier alpha value is -1.40. The quantitative estimate of drug-likeness (QED) is 0.888. The zero-order valence-electron chi connectivity index (χ0n) is 11.6. The van der Waals surface area contributed by atoms with Crippen LogP contribution in [0.3, 0.4) is 0 Å². The van der Waals surface area contributed by atoms with Crippen LogP contribution in [0, 0.1) is 6.92 Å².